The molecule has 0 atom stereocenters. The first-order valence-corrected chi connectivity index (χ1v) is 13.5. The van der Waals surface area contributed by atoms with Crippen LogP contribution in [0.5, 0.6) is 0 Å². The summed E-state index contributed by atoms with van der Waals surface area (Å²) in [6.45, 7) is 19.1. The molecule has 0 aliphatic heterocycles. The summed E-state index contributed by atoms with van der Waals surface area (Å²) < 4.78 is 1.08. The van der Waals surface area contributed by atoms with Gasteiger partial charge in [0.2, 0.25) is 0 Å². The highest BCUT2D eigenvalue weighted by molar-refractivity contribution is 5.98. The van der Waals surface area contributed by atoms with Crippen molar-refractivity contribution in [2.75, 3.05) is 0 Å². The molecule has 4 aliphatic carbocycles. The van der Waals surface area contributed by atoms with Gasteiger partial charge < -0.3 is 5.21 Å². The average Bonchev–Trinajstić information content (AvgIpc) is 3.24. The van der Waals surface area contributed by atoms with Crippen molar-refractivity contribution >= 4 is 18.4 Å². The van der Waals surface area contributed by atoms with Crippen molar-refractivity contribution in [1.29, 1.82) is 0 Å². The highest BCUT2D eigenvalue weighted by Gasteiger charge is 2.22. The van der Waals surface area contributed by atoms with E-state index in [4.69, 9.17) is 0 Å². The molecule has 0 N–H and O–H groups in total. The summed E-state index contributed by atoms with van der Waals surface area (Å²) in [4.78, 5) is 0. The van der Waals surface area contributed by atoms with Crippen LogP contribution in [0.3, 0.4) is 0 Å². The summed E-state index contributed by atoms with van der Waals surface area (Å²) >= 11 is 0. The minimum atomic E-state index is -0.497. The smallest absolute Gasteiger partial charge is 0.182 e. The second-order valence-corrected chi connectivity index (χ2v) is 12.1. The van der Waals surface area contributed by atoms with Gasteiger partial charge in [-0.05, 0) is 87.4 Å². The molecular weight excluding hydrogens is 450 g/mol. The third-order valence-electron chi connectivity index (χ3n) is 7.37. The summed E-state index contributed by atoms with van der Waals surface area (Å²) in [5.41, 5.74) is 12.9. The van der Waals surface area contributed by atoms with E-state index in [9.17, 15) is 5.21 Å². The Balaban J connectivity index is 1.87. The summed E-state index contributed by atoms with van der Waals surface area (Å²) in [6.07, 6.45) is 6.22. The molecule has 0 amide bonds. The van der Waals surface area contributed by atoms with E-state index in [2.05, 4.69) is 108 Å². The zero-order valence-corrected chi connectivity index (χ0v) is 23.9. The summed E-state index contributed by atoms with van der Waals surface area (Å²) in [6, 6.07) is 20.1. The molecule has 0 radical (unpaired) electrons. The molecule has 4 rings (SSSR count). The topological polar surface area (TPSA) is 26.1 Å². The number of rotatable bonds is 5. The van der Waals surface area contributed by atoms with Crippen molar-refractivity contribution in [3.05, 3.63) is 98.7 Å². The van der Waals surface area contributed by atoms with Gasteiger partial charge in [-0.1, -0.05) is 88.4 Å². The van der Waals surface area contributed by atoms with Gasteiger partial charge in [-0.3, -0.25) is 0 Å². The van der Waals surface area contributed by atoms with Crippen LogP contribution in [0.15, 0.2) is 54.6 Å². The van der Waals surface area contributed by atoms with Gasteiger partial charge in [0.05, 0.1) is 0 Å². The Morgan fingerprint density at radius 1 is 0.676 bits per heavy atom. The first kappa shape index (κ1) is 26.7. The SMILES string of the molecule is Cc1ccc(C(C)C)cc2ccc(/C=C/c3cc(/C=[N+](\[O-])C(C)(C)C)c4cc(C(C)C)ccc(C)c3-4)c1-2. The molecule has 0 saturated heterocycles. The number of nitrogens with zero attached hydrogens (tertiary/aromatic N) is 1. The van der Waals surface area contributed by atoms with Crippen molar-refractivity contribution in [3.63, 3.8) is 0 Å². The minimum absolute atomic E-state index is 0.401. The van der Waals surface area contributed by atoms with Crippen LogP contribution in [0.4, 0.5) is 0 Å². The van der Waals surface area contributed by atoms with Crippen LogP contribution in [0.1, 0.15) is 99.2 Å². The second kappa shape index (κ2) is 10.2. The Kier molecular flexibility index (Phi) is 7.33. The van der Waals surface area contributed by atoms with Crippen molar-refractivity contribution in [1.82, 2.24) is 0 Å². The number of hydroxylamine groups is 1. The monoisotopic (exact) mass is 491 g/mol. The van der Waals surface area contributed by atoms with Gasteiger partial charge in [0.1, 0.15) is 0 Å². The predicted octanol–water partition coefficient (Wildman–Crippen LogP) is 9.66. The number of fused-ring (bicyclic) bond motifs is 2. The van der Waals surface area contributed by atoms with Gasteiger partial charge in [-0.25, -0.2) is 4.74 Å². The zero-order valence-electron chi connectivity index (χ0n) is 23.9. The minimum Gasteiger partial charge on any atom is -0.623 e. The van der Waals surface area contributed by atoms with Crippen LogP contribution < -0.4 is 0 Å². The molecule has 2 nitrogen and oxygen atoms in total. The van der Waals surface area contributed by atoms with Crippen molar-refractivity contribution in [2.45, 2.75) is 79.7 Å². The van der Waals surface area contributed by atoms with E-state index < -0.39 is 5.54 Å². The van der Waals surface area contributed by atoms with Gasteiger partial charge in [0.15, 0.2) is 11.8 Å². The van der Waals surface area contributed by atoms with Gasteiger partial charge in [0.25, 0.3) is 0 Å². The van der Waals surface area contributed by atoms with Crippen LogP contribution in [0.25, 0.3) is 34.4 Å². The van der Waals surface area contributed by atoms with Crippen LogP contribution in [-0.2, 0) is 0 Å². The fourth-order valence-electron chi connectivity index (χ4n) is 4.95. The van der Waals surface area contributed by atoms with E-state index >= 15 is 0 Å². The lowest BCUT2D eigenvalue weighted by Crippen LogP contribution is -2.29. The molecule has 0 aromatic heterocycles. The average molecular weight is 492 g/mol. The van der Waals surface area contributed by atoms with Gasteiger partial charge >= 0.3 is 0 Å². The molecule has 0 bridgehead atoms. The highest BCUT2D eigenvalue weighted by Crippen LogP contribution is 2.38. The first-order chi connectivity index (χ1) is 17.4. The largest absolute Gasteiger partial charge is 0.623 e. The van der Waals surface area contributed by atoms with Crippen LogP contribution in [0, 0.1) is 19.1 Å². The van der Waals surface area contributed by atoms with Crippen LogP contribution in [-0.4, -0.2) is 16.5 Å². The van der Waals surface area contributed by atoms with Crippen molar-refractivity contribution in [3.8, 4) is 22.3 Å². The van der Waals surface area contributed by atoms with E-state index in [1.54, 1.807) is 6.21 Å². The molecule has 192 valence electrons. The molecule has 4 aliphatic rings. The van der Waals surface area contributed by atoms with E-state index in [1.165, 1.54) is 44.5 Å². The lowest BCUT2D eigenvalue weighted by molar-refractivity contribution is -0.530. The van der Waals surface area contributed by atoms with E-state index in [-0.39, 0.29) is 0 Å². The standard InChI is InChI=1S/C35H41NO/c1-22(2)27-12-10-24(5)33-26(14-16-29(33)18-27)15-17-30-19-31(21-36(37)35(7,8)9)32-20-28(23(3)4)13-11-25(6)34(30)32/h10-23H,1-9H3/b17-15+,36-21-. The molecular formula is C35H41NO. The highest BCUT2D eigenvalue weighted by atomic mass is 16.5. The quantitative estimate of drug-likeness (QED) is 0.118. The Morgan fingerprint density at radius 3 is 1.84 bits per heavy atom. The fourth-order valence-corrected chi connectivity index (χ4v) is 4.95. The van der Waals surface area contributed by atoms with Gasteiger partial charge in [0, 0.05) is 26.3 Å². The fraction of sp³-hybridized carbons (Fsp3) is 0.343. The molecule has 0 fully saturated rings. The molecule has 0 aromatic carbocycles. The summed E-state index contributed by atoms with van der Waals surface area (Å²) in [5.74, 6) is 0.889. The molecule has 0 aromatic rings. The number of hydrogen-bond acceptors (Lipinski definition) is 1. The van der Waals surface area contributed by atoms with Gasteiger partial charge in [-0.2, -0.15) is 0 Å². The third kappa shape index (κ3) is 5.49. The third-order valence-corrected chi connectivity index (χ3v) is 7.37. The normalized spacial score (nSPS) is 13.1. The molecule has 0 spiro atoms. The maximum absolute atomic E-state index is 12.9. The summed E-state index contributed by atoms with van der Waals surface area (Å²) in [5, 5.41) is 12.9. The zero-order chi connectivity index (χ0) is 27.1. The lowest BCUT2D eigenvalue weighted by atomic mass is 9.99. The van der Waals surface area contributed by atoms with Crippen molar-refractivity contribution in [2.24, 2.45) is 0 Å². The summed E-state index contributed by atoms with van der Waals surface area (Å²) in [7, 11) is 0. The van der Waals surface area contributed by atoms with E-state index in [1.807, 2.05) is 20.8 Å². The van der Waals surface area contributed by atoms with Crippen LogP contribution >= 0.6 is 0 Å². The number of aryl methyl sites for hydroxylation is 2. The molecule has 37 heavy (non-hydrogen) atoms. The Hall–Kier alpha value is -3.39. The van der Waals surface area contributed by atoms with E-state index in [0.29, 0.717) is 11.8 Å². The maximum Gasteiger partial charge on any atom is 0.182 e. The molecule has 0 unspecified atom stereocenters. The Bertz CT molecular complexity index is 1430. The van der Waals surface area contributed by atoms with Crippen LogP contribution in [0.2, 0.25) is 0 Å². The molecule has 2 heteroatoms. The Labute approximate surface area is 223 Å². The predicted molar refractivity (Wildman–Crippen MR) is 161 cm³/mol. The second-order valence-electron chi connectivity index (χ2n) is 12.1. The maximum atomic E-state index is 12.9. The van der Waals surface area contributed by atoms with Gasteiger partial charge in [-0.15, -0.1) is 0 Å². The Morgan fingerprint density at radius 2 is 1.24 bits per heavy atom. The van der Waals surface area contributed by atoms with Crippen molar-refractivity contribution < 1.29 is 4.74 Å². The molecule has 0 heterocycles. The lowest BCUT2D eigenvalue weighted by Gasteiger charge is -2.18. The molecule has 0 saturated carbocycles. The first-order valence-electron chi connectivity index (χ1n) is 13.5. The number of hydrogen-bond donors (Lipinski definition) is 0. The van der Waals surface area contributed by atoms with E-state index in [0.717, 1.165) is 21.4 Å².